The second-order valence-electron chi connectivity index (χ2n) is 4.62. The molecular formula is C13H13BrFN3O. The van der Waals surface area contributed by atoms with Gasteiger partial charge in [0.1, 0.15) is 5.82 Å². The molecule has 1 aliphatic heterocycles. The number of rotatable bonds is 2. The first kappa shape index (κ1) is 12.7. The number of hydrogen-bond donors (Lipinski definition) is 1. The highest BCUT2D eigenvalue weighted by Gasteiger charge is 2.22. The van der Waals surface area contributed by atoms with E-state index in [4.69, 9.17) is 4.52 Å². The quantitative estimate of drug-likeness (QED) is 0.921. The zero-order valence-electron chi connectivity index (χ0n) is 10.2. The summed E-state index contributed by atoms with van der Waals surface area (Å²) >= 11 is 3.32. The van der Waals surface area contributed by atoms with Crippen molar-refractivity contribution in [2.75, 3.05) is 13.1 Å². The summed E-state index contributed by atoms with van der Waals surface area (Å²) in [5, 5.41) is 7.30. The molecule has 0 saturated carbocycles. The number of piperidine rings is 1. The Hall–Kier alpha value is -1.27. The number of nitrogens with zero attached hydrogens (tertiary/aromatic N) is 2. The van der Waals surface area contributed by atoms with Gasteiger partial charge in [0, 0.05) is 16.6 Å². The van der Waals surface area contributed by atoms with E-state index in [-0.39, 0.29) is 11.7 Å². The van der Waals surface area contributed by atoms with Gasteiger partial charge in [0.05, 0.1) is 5.92 Å². The summed E-state index contributed by atoms with van der Waals surface area (Å²) in [4.78, 5) is 4.42. The Labute approximate surface area is 118 Å². The molecule has 1 aromatic heterocycles. The Morgan fingerprint density at radius 3 is 3.05 bits per heavy atom. The van der Waals surface area contributed by atoms with Crippen LogP contribution in [0.1, 0.15) is 24.7 Å². The highest BCUT2D eigenvalue weighted by Crippen LogP contribution is 2.29. The fourth-order valence-electron chi connectivity index (χ4n) is 2.24. The number of halogens is 2. The monoisotopic (exact) mass is 325 g/mol. The minimum absolute atomic E-state index is 0.272. The van der Waals surface area contributed by atoms with Crippen molar-refractivity contribution < 1.29 is 8.91 Å². The molecule has 1 saturated heterocycles. The fourth-order valence-corrected chi connectivity index (χ4v) is 2.77. The van der Waals surface area contributed by atoms with Crippen molar-refractivity contribution in [3.8, 4) is 11.4 Å². The van der Waals surface area contributed by atoms with Gasteiger partial charge in [-0.15, -0.1) is 0 Å². The van der Waals surface area contributed by atoms with Crippen LogP contribution in [-0.2, 0) is 0 Å². The molecule has 0 spiro atoms. The standard InChI is InChI=1S/C13H13BrFN3O/c14-11-6-9(15)3-4-10(11)12-17-13(19-18-12)8-2-1-5-16-7-8/h3-4,6,8,16H,1-2,5,7H2/t8-/m0/s1. The van der Waals surface area contributed by atoms with Crippen molar-refractivity contribution in [3.63, 3.8) is 0 Å². The molecule has 2 aromatic rings. The van der Waals surface area contributed by atoms with Gasteiger partial charge in [-0.2, -0.15) is 4.98 Å². The average Bonchev–Trinajstić information content (AvgIpc) is 2.89. The Morgan fingerprint density at radius 2 is 2.32 bits per heavy atom. The lowest BCUT2D eigenvalue weighted by Crippen LogP contribution is -2.28. The summed E-state index contributed by atoms with van der Waals surface area (Å²) in [5.41, 5.74) is 0.736. The van der Waals surface area contributed by atoms with E-state index in [2.05, 4.69) is 31.4 Å². The van der Waals surface area contributed by atoms with Gasteiger partial charge in [-0.25, -0.2) is 4.39 Å². The second kappa shape index (κ2) is 5.38. The fraction of sp³-hybridized carbons (Fsp3) is 0.385. The Morgan fingerprint density at radius 1 is 1.42 bits per heavy atom. The van der Waals surface area contributed by atoms with Crippen LogP contribution >= 0.6 is 15.9 Å². The predicted molar refractivity (Wildman–Crippen MR) is 72.2 cm³/mol. The Bertz CT molecular complexity index is 581. The summed E-state index contributed by atoms with van der Waals surface area (Å²) in [6, 6.07) is 4.43. The van der Waals surface area contributed by atoms with Crippen LogP contribution in [0.25, 0.3) is 11.4 Å². The van der Waals surface area contributed by atoms with E-state index < -0.39 is 0 Å². The number of hydrogen-bond acceptors (Lipinski definition) is 4. The maximum Gasteiger partial charge on any atom is 0.231 e. The molecule has 4 nitrogen and oxygen atoms in total. The van der Waals surface area contributed by atoms with Gasteiger partial charge < -0.3 is 9.84 Å². The first-order chi connectivity index (χ1) is 9.24. The van der Waals surface area contributed by atoms with Crippen LogP contribution in [0.15, 0.2) is 27.2 Å². The first-order valence-electron chi connectivity index (χ1n) is 6.24. The van der Waals surface area contributed by atoms with Crippen molar-refractivity contribution >= 4 is 15.9 Å². The van der Waals surface area contributed by atoms with Crippen LogP contribution in [0.5, 0.6) is 0 Å². The topological polar surface area (TPSA) is 51.0 Å². The predicted octanol–water partition coefficient (Wildman–Crippen LogP) is 3.11. The minimum Gasteiger partial charge on any atom is -0.339 e. The number of aromatic nitrogens is 2. The van der Waals surface area contributed by atoms with Gasteiger partial charge in [-0.05, 0) is 53.5 Å². The highest BCUT2D eigenvalue weighted by atomic mass is 79.9. The molecule has 2 heterocycles. The van der Waals surface area contributed by atoms with Crippen molar-refractivity contribution in [1.29, 1.82) is 0 Å². The molecule has 0 radical (unpaired) electrons. The van der Waals surface area contributed by atoms with Crippen molar-refractivity contribution in [2.45, 2.75) is 18.8 Å². The van der Waals surface area contributed by atoms with E-state index >= 15 is 0 Å². The van der Waals surface area contributed by atoms with Crippen LogP contribution in [0.3, 0.4) is 0 Å². The smallest absolute Gasteiger partial charge is 0.231 e. The van der Waals surface area contributed by atoms with E-state index in [1.54, 1.807) is 6.07 Å². The lowest BCUT2D eigenvalue weighted by Gasteiger charge is -2.18. The van der Waals surface area contributed by atoms with Crippen LogP contribution in [-0.4, -0.2) is 23.2 Å². The molecule has 100 valence electrons. The number of benzene rings is 1. The number of nitrogens with one attached hydrogen (secondary N) is 1. The van der Waals surface area contributed by atoms with Crippen molar-refractivity contribution in [3.05, 3.63) is 34.4 Å². The Kier molecular flexibility index (Phi) is 3.61. The highest BCUT2D eigenvalue weighted by molar-refractivity contribution is 9.10. The van der Waals surface area contributed by atoms with Gasteiger partial charge in [0.25, 0.3) is 0 Å². The normalized spacial score (nSPS) is 19.6. The van der Waals surface area contributed by atoms with Crippen LogP contribution in [0, 0.1) is 5.82 Å². The summed E-state index contributed by atoms with van der Waals surface area (Å²) in [6.45, 7) is 1.91. The van der Waals surface area contributed by atoms with Crippen LogP contribution in [0.2, 0.25) is 0 Å². The zero-order chi connectivity index (χ0) is 13.2. The molecule has 1 N–H and O–H groups in total. The van der Waals surface area contributed by atoms with Gasteiger partial charge >= 0.3 is 0 Å². The summed E-state index contributed by atoms with van der Waals surface area (Å²) in [5.74, 6) is 1.12. The maximum atomic E-state index is 13.1. The SMILES string of the molecule is Fc1ccc(-c2noc([C@H]3CCCNC3)n2)c(Br)c1. The summed E-state index contributed by atoms with van der Waals surface area (Å²) < 4.78 is 19.0. The lowest BCUT2D eigenvalue weighted by molar-refractivity contribution is 0.322. The van der Waals surface area contributed by atoms with E-state index in [0.717, 1.165) is 31.5 Å². The van der Waals surface area contributed by atoms with Crippen LogP contribution < -0.4 is 5.32 Å². The van der Waals surface area contributed by atoms with Gasteiger partial charge in [-0.1, -0.05) is 5.16 Å². The zero-order valence-corrected chi connectivity index (χ0v) is 11.8. The molecule has 0 aliphatic carbocycles. The van der Waals surface area contributed by atoms with E-state index in [0.29, 0.717) is 16.2 Å². The molecular weight excluding hydrogens is 313 g/mol. The van der Waals surface area contributed by atoms with Gasteiger partial charge in [0.15, 0.2) is 0 Å². The largest absolute Gasteiger partial charge is 0.339 e. The molecule has 6 heteroatoms. The summed E-state index contributed by atoms with van der Waals surface area (Å²) in [7, 11) is 0. The van der Waals surface area contributed by atoms with E-state index in [1.807, 2.05) is 0 Å². The molecule has 1 fully saturated rings. The minimum atomic E-state index is -0.296. The lowest BCUT2D eigenvalue weighted by atomic mass is 10.00. The molecule has 1 aliphatic rings. The molecule has 19 heavy (non-hydrogen) atoms. The Balaban J connectivity index is 1.87. The molecule has 1 aromatic carbocycles. The first-order valence-corrected chi connectivity index (χ1v) is 7.03. The van der Waals surface area contributed by atoms with Gasteiger partial charge in [-0.3, -0.25) is 0 Å². The molecule has 0 amide bonds. The third-order valence-electron chi connectivity index (χ3n) is 3.26. The molecule has 0 unspecified atom stereocenters. The molecule has 1 atom stereocenters. The van der Waals surface area contributed by atoms with Crippen molar-refractivity contribution in [1.82, 2.24) is 15.5 Å². The third-order valence-corrected chi connectivity index (χ3v) is 3.92. The van der Waals surface area contributed by atoms with Gasteiger partial charge in [0.2, 0.25) is 11.7 Å². The maximum absolute atomic E-state index is 13.1. The third kappa shape index (κ3) is 2.69. The molecule has 3 rings (SSSR count). The van der Waals surface area contributed by atoms with E-state index in [9.17, 15) is 4.39 Å². The second-order valence-corrected chi connectivity index (χ2v) is 5.48. The average molecular weight is 326 g/mol. The van der Waals surface area contributed by atoms with Crippen molar-refractivity contribution in [2.24, 2.45) is 0 Å². The van der Waals surface area contributed by atoms with E-state index in [1.165, 1.54) is 12.1 Å². The van der Waals surface area contributed by atoms with Crippen LogP contribution in [0.4, 0.5) is 4.39 Å². The molecule has 0 bridgehead atoms. The summed E-state index contributed by atoms with van der Waals surface area (Å²) in [6.07, 6.45) is 2.17.